The number of amidine groups is 1. The molecule has 6 heteroatoms. The molecule has 2 rings (SSSR count). The fourth-order valence-corrected chi connectivity index (χ4v) is 2.15. The van der Waals surface area contributed by atoms with Crippen molar-refractivity contribution >= 4 is 17.2 Å². The Morgan fingerprint density at radius 2 is 2.39 bits per heavy atom. The van der Waals surface area contributed by atoms with Crippen LogP contribution in [0.4, 0.5) is 0 Å². The van der Waals surface area contributed by atoms with E-state index in [1.807, 2.05) is 24.4 Å². The summed E-state index contributed by atoms with van der Waals surface area (Å²) in [6.45, 7) is 2.27. The molecular weight excluding hydrogens is 250 g/mol. The van der Waals surface area contributed by atoms with Crippen LogP contribution in [0.1, 0.15) is 16.0 Å². The summed E-state index contributed by atoms with van der Waals surface area (Å²) < 4.78 is 5.61. The molecule has 0 fully saturated rings. The Hall–Kier alpha value is -2.08. The van der Waals surface area contributed by atoms with Crippen LogP contribution >= 0.6 is 11.3 Å². The maximum atomic E-state index is 8.77. The van der Waals surface area contributed by atoms with Crippen molar-refractivity contribution in [2.45, 2.75) is 13.5 Å². The van der Waals surface area contributed by atoms with Crippen molar-refractivity contribution in [3.05, 3.63) is 45.8 Å². The lowest BCUT2D eigenvalue weighted by atomic mass is 10.1. The normalized spacial score (nSPS) is 11.5. The number of aromatic nitrogens is 1. The number of nitrogens with two attached hydrogens (primary N) is 1. The van der Waals surface area contributed by atoms with Gasteiger partial charge in [-0.1, -0.05) is 11.2 Å². The summed E-state index contributed by atoms with van der Waals surface area (Å²) in [5, 5.41) is 13.8. The SMILES string of the molecule is Cc1ccnc(OCc2cccs2)c1/C(N)=N/O. The van der Waals surface area contributed by atoms with Gasteiger partial charge in [-0.15, -0.1) is 11.3 Å². The molecule has 0 aliphatic rings. The zero-order valence-corrected chi connectivity index (χ0v) is 10.6. The standard InChI is InChI=1S/C12H13N3O2S/c1-8-4-5-14-12(10(8)11(13)15-16)17-7-9-3-2-6-18-9/h2-6,16H,7H2,1H3,(H2,13,15). The van der Waals surface area contributed by atoms with Gasteiger partial charge >= 0.3 is 0 Å². The molecule has 0 aromatic carbocycles. The van der Waals surface area contributed by atoms with Gasteiger partial charge in [0.15, 0.2) is 5.84 Å². The number of thiophene rings is 1. The van der Waals surface area contributed by atoms with E-state index in [0.29, 0.717) is 18.1 Å². The third-order valence-electron chi connectivity index (χ3n) is 2.42. The van der Waals surface area contributed by atoms with Gasteiger partial charge in [-0.2, -0.15) is 0 Å². The predicted molar refractivity (Wildman–Crippen MR) is 70.1 cm³/mol. The summed E-state index contributed by atoms with van der Waals surface area (Å²) in [6.07, 6.45) is 1.63. The summed E-state index contributed by atoms with van der Waals surface area (Å²) in [4.78, 5) is 5.21. The molecule has 0 saturated carbocycles. The van der Waals surface area contributed by atoms with E-state index < -0.39 is 0 Å². The second-order valence-electron chi connectivity index (χ2n) is 3.66. The molecule has 0 bridgehead atoms. The quantitative estimate of drug-likeness (QED) is 0.383. The Morgan fingerprint density at radius 1 is 1.56 bits per heavy atom. The lowest BCUT2D eigenvalue weighted by Crippen LogP contribution is -2.17. The predicted octanol–water partition coefficient (Wildman–Crippen LogP) is 2.13. The van der Waals surface area contributed by atoms with Crippen LogP contribution in [-0.2, 0) is 6.61 Å². The second kappa shape index (κ2) is 5.50. The molecule has 94 valence electrons. The minimum absolute atomic E-state index is 0.00165. The van der Waals surface area contributed by atoms with Crippen molar-refractivity contribution in [1.82, 2.24) is 4.98 Å². The van der Waals surface area contributed by atoms with Crippen molar-refractivity contribution in [1.29, 1.82) is 0 Å². The highest BCUT2D eigenvalue weighted by molar-refractivity contribution is 7.09. The molecule has 18 heavy (non-hydrogen) atoms. The highest BCUT2D eigenvalue weighted by Gasteiger charge is 2.13. The molecule has 5 nitrogen and oxygen atoms in total. The number of nitrogens with zero attached hydrogens (tertiary/aromatic N) is 2. The van der Waals surface area contributed by atoms with Crippen molar-refractivity contribution in [2.24, 2.45) is 10.9 Å². The first kappa shape index (κ1) is 12.4. The van der Waals surface area contributed by atoms with Gasteiger partial charge in [-0.25, -0.2) is 4.98 Å². The van der Waals surface area contributed by atoms with E-state index in [0.717, 1.165) is 10.4 Å². The smallest absolute Gasteiger partial charge is 0.225 e. The second-order valence-corrected chi connectivity index (χ2v) is 4.69. The van der Waals surface area contributed by atoms with E-state index in [2.05, 4.69) is 10.1 Å². The number of aryl methyl sites for hydroxylation is 1. The third kappa shape index (κ3) is 2.60. The van der Waals surface area contributed by atoms with Gasteiger partial charge in [0.05, 0.1) is 5.56 Å². The molecule has 0 saturated heterocycles. The number of hydrogen-bond donors (Lipinski definition) is 2. The highest BCUT2D eigenvalue weighted by atomic mass is 32.1. The fourth-order valence-electron chi connectivity index (χ4n) is 1.54. The van der Waals surface area contributed by atoms with Crippen LogP contribution in [0.2, 0.25) is 0 Å². The fraction of sp³-hybridized carbons (Fsp3) is 0.167. The molecule has 2 heterocycles. The minimum Gasteiger partial charge on any atom is -0.471 e. The lowest BCUT2D eigenvalue weighted by Gasteiger charge is -2.10. The average Bonchev–Trinajstić information content (AvgIpc) is 2.88. The topological polar surface area (TPSA) is 80.7 Å². The Bertz CT molecular complexity index is 552. The summed E-state index contributed by atoms with van der Waals surface area (Å²) in [5.74, 6) is 0.375. The van der Waals surface area contributed by atoms with Gasteiger partial charge in [-0.3, -0.25) is 0 Å². The minimum atomic E-state index is 0.00165. The lowest BCUT2D eigenvalue weighted by molar-refractivity contribution is 0.294. The Balaban J connectivity index is 2.24. The highest BCUT2D eigenvalue weighted by Crippen LogP contribution is 2.20. The van der Waals surface area contributed by atoms with Crippen molar-refractivity contribution in [3.63, 3.8) is 0 Å². The van der Waals surface area contributed by atoms with E-state index in [-0.39, 0.29) is 5.84 Å². The molecular formula is C12H13N3O2S. The first-order valence-electron chi connectivity index (χ1n) is 5.31. The first-order chi connectivity index (χ1) is 8.72. The van der Waals surface area contributed by atoms with E-state index >= 15 is 0 Å². The number of oxime groups is 1. The number of ether oxygens (including phenoxy) is 1. The molecule has 0 amide bonds. The summed E-state index contributed by atoms with van der Waals surface area (Å²) in [7, 11) is 0. The van der Waals surface area contributed by atoms with Gasteiger partial charge in [0, 0.05) is 11.1 Å². The number of hydrogen-bond acceptors (Lipinski definition) is 5. The Morgan fingerprint density at radius 3 is 3.06 bits per heavy atom. The summed E-state index contributed by atoms with van der Waals surface area (Å²) in [6, 6.07) is 5.71. The van der Waals surface area contributed by atoms with Crippen LogP contribution in [0, 0.1) is 6.92 Å². The van der Waals surface area contributed by atoms with Gasteiger partial charge < -0.3 is 15.7 Å². The van der Waals surface area contributed by atoms with Crippen LogP contribution < -0.4 is 10.5 Å². The average molecular weight is 263 g/mol. The molecule has 3 N–H and O–H groups in total. The molecule has 0 unspecified atom stereocenters. The summed E-state index contributed by atoms with van der Waals surface area (Å²) in [5.41, 5.74) is 7.00. The molecule has 2 aromatic rings. The van der Waals surface area contributed by atoms with E-state index in [1.54, 1.807) is 23.6 Å². The zero-order chi connectivity index (χ0) is 13.0. The number of rotatable bonds is 4. The van der Waals surface area contributed by atoms with Crippen LogP contribution in [-0.4, -0.2) is 16.0 Å². The largest absolute Gasteiger partial charge is 0.471 e. The monoisotopic (exact) mass is 263 g/mol. The van der Waals surface area contributed by atoms with Crippen LogP contribution in [0.25, 0.3) is 0 Å². The molecule has 0 aliphatic carbocycles. The van der Waals surface area contributed by atoms with Crippen molar-refractivity contribution in [2.75, 3.05) is 0 Å². The molecule has 0 atom stereocenters. The van der Waals surface area contributed by atoms with Gasteiger partial charge in [0.1, 0.15) is 6.61 Å². The maximum Gasteiger partial charge on any atom is 0.225 e. The first-order valence-corrected chi connectivity index (χ1v) is 6.19. The molecule has 0 spiro atoms. The van der Waals surface area contributed by atoms with Gasteiger partial charge in [-0.05, 0) is 30.0 Å². The van der Waals surface area contributed by atoms with E-state index in [4.69, 9.17) is 15.7 Å². The van der Waals surface area contributed by atoms with Crippen LogP contribution in [0.15, 0.2) is 34.9 Å². The molecule has 0 aliphatic heterocycles. The van der Waals surface area contributed by atoms with E-state index in [9.17, 15) is 0 Å². The van der Waals surface area contributed by atoms with Crippen LogP contribution in [0.3, 0.4) is 0 Å². The van der Waals surface area contributed by atoms with Crippen molar-refractivity contribution < 1.29 is 9.94 Å². The summed E-state index contributed by atoms with van der Waals surface area (Å²) >= 11 is 1.60. The van der Waals surface area contributed by atoms with Gasteiger partial charge in [0.25, 0.3) is 0 Å². The molecule has 2 aromatic heterocycles. The van der Waals surface area contributed by atoms with E-state index in [1.165, 1.54) is 0 Å². The number of pyridine rings is 1. The zero-order valence-electron chi connectivity index (χ0n) is 9.83. The van der Waals surface area contributed by atoms with Gasteiger partial charge in [0.2, 0.25) is 5.88 Å². The third-order valence-corrected chi connectivity index (χ3v) is 3.27. The Labute approximate surface area is 109 Å². The maximum absolute atomic E-state index is 8.77. The van der Waals surface area contributed by atoms with Crippen LogP contribution in [0.5, 0.6) is 5.88 Å². The molecule has 0 radical (unpaired) electrons. The Kier molecular flexibility index (Phi) is 3.78. The van der Waals surface area contributed by atoms with Crippen molar-refractivity contribution in [3.8, 4) is 5.88 Å².